The van der Waals surface area contributed by atoms with Gasteiger partial charge in [0.15, 0.2) is 0 Å². The van der Waals surface area contributed by atoms with Crippen molar-refractivity contribution in [2.45, 2.75) is 4.90 Å². The third-order valence-electron chi connectivity index (χ3n) is 4.88. The zero-order valence-corrected chi connectivity index (χ0v) is 19.1. The molecule has 10 heteroatoms. The number of nitrogens with zero attached hydrogens (tertiary/aromatic N) is 1. The molecule has 1 heterocycles. The second-order valence-corrected chi connectivity index (χ2v) is 8.70. The Morgan fingerprint density at radius 1 is 0.912 bits per heavy atom. The molecule has 34 heavy (non-hydrogen) atoms. The number of ether oxygens (including phenoxy) is 2. The molecule has 2 N–H and O–H groups in total. The first-order valence-electron chi connectivity index (χ1n) is 10.1. The number of hydrogen-bond acceptors (Lipinski definition) is 7. The minimum absolute atomic E-state index is 0.0207. The van der Waals surface area contributed by atoms with Crippen LogP contribution in [0.25, 0.3) is 11.0 Å². The standard InChI is InChI=1S/C24H21N3O6S/c1-31-17-12-13-20(22(15-17)32-2)25-23(28)19-14-16-8-6-7-11-21(16)33-24(19)26-27-34(29,30)18-9-4-3-5-10-18/h3-15,27H,1-2H3,(H,25,28)/b26-24-. The Labute approximate surface area is 195 Å². The Balaban J connectivity index is 1.75. The van der Waals surface area contributed by atoms with Gasteiger partial charge in [0.1, 0.15) is 22.6 Å². The van der Waals surface area contributed by atoms with Crippen molar-refractivity contribution in [2.24, 2.45) is 5.10 Å². The Hall–Kier alpha value is -4.31. The van der Waals surface area contributed by atoms with Crippen LogP contribution in [0.5, 0.6) is 11.5 Å². The maximum atomic E-state index is 13.2. The lowest BCUT2D eigenvalue weighted by Gasteiger charge is -2.12. The molecule has 9 nitrogen and oxygen atoms in total. The molecule has 0 atom stereocenters. The summed E-state index contributed by atoms with van der Waals surface area (Å²) in [6.07, 6.45) is 0. The first-order valence-corrected chi connectivity index (χ1v) is 11.6. The minimum Gasteiger partial charge on any atom is -0.497 e. The molecule has 0 aliphatic carbocycles. The largest absolute Gasteiger partial charge is 0.497 e. The molecule has 0 saturated carbocycles. The predicted octanol–water partition coefficient (Wildman–Crippen LogP) is 3.50. The molecular formula is C24H21N3O6S. The van der Waals surface area contributed by atoms with Crippen LogP contribution in [0.3, 0.4) is 0 Å². The van der Waals surface area contributed by atoms with Crippen molar-refractivity contribution in [1.82, 2.24) is 4.83 Å². The van der Waals surface area contributed by atoms with E-state index < -0.39 is 15.9 Å². The molecule has 0 unspecified atom stereocenters. The molecule has 0 aliphatic heterocycles. The quantitative estimate of drug-likeness (QED) is 0.392. The number of amides is 1. The zero-order chi connectivity index (χ0) is 24.1. The second-order valence-electron chi connectivity index (χ2n) is 7.04. The van der Waals surface area contributed by atoms with Crippen molar-refractivity contribution in [3.05, 3.63) is 90.0 Å². The van der Waals surface area contributed by atoms with Gasteiger partial charge in [0, 0.05) is 11.5 Å². The van der Waals surface area contributed by atoms with E-state index in [1.54, 1.807) is 66.7 Å². The van der Waals surface area contributed by atoms with Crippen molar-refractivity contribution in [1.29, 1.82) is 0 Å². The van der Waals surface area contributed by atoms with Gasteiger partial charge in [-0.05, 0) is 36.4 Å². The number of carbonyl (C=O) groups excluding carboxylic acids is 1. The topological polar surface area (TPSA) is 119 Å². The highest BCUT2D eigenvalue weighted by molar-refractivity contribution is 7.89. The van der Waals surface area contributed by atoms with Crippen LogP contribution in [-0.4, -0.2) is 28.5 Å². The molecule has 0 saturated heterocycles. The first-order chi connectivity index (χ1) is 16.4. The number of anilines is 1. The van der Waals surface area contributed by atoms with Crippen molar-refractivity contribution >= 4 is 32.6 Å². The number of hydrogen-bond donors (Lipinski definition) is 2. The number of nitrogens with one attached hydrogen (secondary N) is 2. The van der Waals surface area contributed by atoms with Gasteiger partial charge >= 0.3 is 0 Å². The fraction of sp³-hybridized carbons (Fsp3) is 0.0833. The Morgan fingerprint density at radius 3 is 2.38 bits per heavy atom. The van der Waals surface area contributed by atoms with Gasteiger partial charge in [0.2, 0.25) is 5.55 Å². The van der Waals surface area contributed by atoms with E-state index in [0.29, 0.717) is 28.2 Å². The fourth-order valence-electron chi connectivity index (χ4n) is 3.16. The van der Waals surface area contributed by atoms with Crippen molar-refractivity contribution < 1.29 is 27.1 Å². The minimum atomic E-state index is -3.97. The molecule has 4 aromatic rings. The number of benzene rings is 3. The maximum absolute atomic E-state index is 13.2. The van der Waals surface area contributed by atoms with Gasteiger partial charge < -0.3 is 19.2 Å². The number of para-hydroxylation sites is 1. The van der Waals surface area contributed by atoms with E-state index in [-0.39, 0.29) is 16.0 Å². The lowest BCUT2D eigenvalue weighted by molar-refractivity contribution is 0.102. The summed E-state index contributed by atoms with van der Waals surface area (Å²) in [5.74, 6) is 0.367. The maximum Gasteiger partial charge on any atom is 0.276 e. The van der Waals surface area contributed by atoms with Crippen LogP contribution >= 0.6 is 0 Å². The Bertz CT molecular complexity index is 1520. The van der Waals surface area contributed by atoms with Crippen LogP contribution in [0.2, 0.25) is 0 Å². The fourth-order valence-corrected chi connectivity index (χ4v) is 3.98. The van der Waals surface area contributed by atoms with Gasteiger partial charge in [0.05, 0.1) is 24.8 Å². The van der Waals surface area contributed by atoms with E-state index >= 15 is 0 Å². The summed E-state index contributed by atoms with van der Waals surface area (Å²) in [5.41, 5.74) is 0.631. The summed E-state index contributed by atoms with van der Waals surface area (Å²) in [4.78, 5) is 15.4. The van der Waals surface area contributed by atoms with Crippen LogP contribution in [0, 0.1) is 0 Å². The lowest BCUT2D eigenvalue weighted by Crippen LogP contribution is -2.27. The average Bonchev–Trinajstić information content (AvgIpc) is 2.87. The van der Waals surface area contributed by atoms with E-state index in [4.69, 9.17) is 13.9 Å². The number of methoxy groups -OCH3 is 2. The summed E-state index contributed by atoms with van der Waals surface area (Å²) >= 11 is 0. The van der Waals surface area contributed by atoms with E-state index in [1.807, 2.05) is 0 Å². The Morgan fingerprint density at radius 2 is 1.65 bits per heavy atom. The Kier molecular flexibility index (Phi) is 6.51. The number of fused-ring (bicyclic) bond motifs is 1. The molecule has 0 bridgehead atoms. The molecule has 3 aromatic carbocycles. The first kappa shape index (κ1) is 22.9. The lowest BCUT2D eigenvalue weighted by atomic mass is 10.1. The third kappa shape index (κ3) is 4.86. The third-order valence-corrected chi connectivity index (χ3v) is 6.10. The monoisotopic (exact) mass is 479 g/mol. The SMILES string of the molecule is COc1ccc(NC(=O)c2cc3ccccc3o/c2=N\NS(=O)(=O)c2ccccc2)c(OC)c1. The van der Waals surface area contributed by atoms with E-state index in [0.717, 1.165) is 0 Å². The normalized spacial score (nSPS) is 11.8. The van der Waals surface area contributed by atoms with E-state index in [1.165, 1.54) is 26.4 Å². The number of rotatable bonds is 7. The molecule has 0 radical (unpaired) electrons. The molecule has 174 valence electrons. The van der Waals surface area contributed by atoms with Gasteiger partial charge in [0.25, 0.3) is 15.9 Å². The van der Waals surface area contributed by atoms with Crippen LogP contribution in [0.1, 0.15) is 10.4 Å². The number of sulfonamides is 1. The molecular weight excluding hydrogens is 458 g/mol. The summed E-state index contributed by atoms with van der Waals surface area (Å²) < 4.78 is 41.5. The van der Waals surface area contributed by atoms with Crippen LogP contribution < -0.4 is 25.2 Å². The van der Waals surface area contributed by atoms with Crippen molar-refractivity contribution in [3.8, 4) is 11.5 Å². The van der Waals surface area contributed by atoms with Crippen LogP contribution in [0.4, 0.5) is 5.69 Å². The van der Waals surface area contributed by atoms with Gasteiger partial charge in [-0.15, -0.1) is 5.10 Å². The number of carbonyl (C=O) groups is 1. The van der Waals surface area contributed by atoms with Crippen LogP contribution in [-0.2, 0) is 10.0 Å². The highest BCUT2D eigenvalue weighted by Gasteiger charge is 2.17. The molecule has 0 fully saturated rings. The van der Waals surface area contributed by atoms with Gasteiger partial charge in [-0.25, -0.2) is 0 Å². The predicted molar refractivity (Wildman–Crippen MR) is 126 cm³/mol. The van der Waals surface area contributed by atoms with Crippen molar-refractivity contribution in [2.75, 3.05) is 19.5 Å². The molecule has 1 aromatic heterocycles. The van der Waals surface area contributed by atoms with E-state index in [9.17, 15) is 13.2 Å². The molecule has 4 rings (SSSR count). The molecule has 0 aliphatic rings. The van der Waals surface area contributed by atoms with Gasteiger partial charge in [-0.2, -0.15) is 13.2 Å². The van der Waals surface area contributed by atoms with Crippen LogP contribution in [0.15, 0.2) is 93.3 Å². The van der Waals surface area contributed by atoms with E-state index in [2.05, 4.69) is 15.2 Å². The molecule has 0 spiro atoms. The van der Waals surface area contributed by atoms with Gasteiger partial charge in [-0.3, -0.25) is 4.79 Å². The summed E-state index contributed by atoms with van der Waals surface area (Å²) in [5, 5.41) is 7.30. The molecule has 1 amide bonds. The summed E-state index contributed by atoms with van der Waals surface area (Å²) in [7, 11) is -0.985. The van der Waals surface area contributed by atoms with Crippen molar-refractivity contribution in [3.63, 3.8) is 0 Å². The van der Waals surface area contributed by atoms with Gasteiger partial charge in [-0.1, -0.05) is 36.4 Å². The average molecular weight is 480 g/mol. The smallest absolute Gasteiger partial charge is 0.276 e. The zero-order valence-electron chi connectivity index (χ0n) is 18.3. The summed E-state index contributed by atoms with van der Waals surface area (Å²) in [6.45, 7) is 0. The summed E-state index contributed by atoms with van der Waals surface area (Å²) in [6, 6.07) is 21.2. The highest BCUT2D eigenvalue weighted by atomic mass is 32.2. The second kappa shape index (κ2) is 9.67. The highest BCUT2D eigenvalue weighted by Crippen LogP contribution is 2.29.